The van der Waals surface area contributed by atoms with Gasteiger partial charge in [-0.3, -0.25) is 9.59 Å². The summed E-state index contributed by atoms with van der Waals surface area (Å²) in [5.74, 6) is -0.688. The third-order valence-corrected chi connectivity index (χ3v) is 2.37. The molecule has 0 aromatic carbocycles. The topological polar surface area (TPSA) is 59.3 Å². The van der Waals surface area contributed by atoms with Crippen LogP contribution in [0.2, 0.25) is 0 Å². The number of piperidine rings is 1. The monoisotopic (exact) mass is 193 g/mol. The average Bonchev–Trinajstić information content (AvgIpc) is 2.70. The van der Waals surface area contributed by atoms with E-state index in [1.54, 1.807) is 12.1 Å². The van der Waals surface area contributed by atoms with Crippen molar-refractivity contribution >= 4 is 11.7 Å². The molecule has 1 amide bonds. The van der Waals surface area contributed by atoms with Gasteiger partial charge in [-0.15, -0.1) is 0 Å². The zero-order chi connectivity index (χ0) is 9.97. The van der Waals surface area contributed by atoms with E-state index in [0.29, 0.717) is 13.0 Å². The van der Waals surface area contributed by atoms with Crippen LogP contribution in [-0.2, 0) is 4.79 Å². The van der Waals surface area contributed by atoms with Crippen molar-refractivity contribution in [1.29, 1.82) is 0 Å². The van der Waals surface area contributed by atoms with Crippen LogP contribution in [0.25, 0.3) is 0 Å². The molecule has 2 rings (SSSR count). The van der Waals surface area contributed by atoms with E-state index in [-0.39, 0.29) is 17.5 Å². The molecule has 1 aromatic rings. The summed E-state index contributed by atoms with van der Waals surface area (Å²) in [5.41, 5.74) is 0. The molecule has 0 bridgehead atoms. The molecular formula is C10H11NO3. The Labute approximate surface area is 81.3 Å². The van der Waals surface area contributed by atoms with E-state index >= 15 is 0 Å². The maximum absolute atomic E-state index is 11.7. The first-order valence-electron chi connectivity index (χ1n) is 4.64. The van der Waals surface area contributed by atoms with Gasteiger partial charge in [-0.05, 0) is 25.0 Å². The fraction of sp³-hybridized carbons (Fsp3) is 0.400. The van der Waals surface area contributed by atoms with Crippen LogP contribution in [0.15, 0.2) is 22.8 Å². The van der Waals surface area contributed by atoms with E-state index in [1.807, 2.05) is 0 Å². The fourth-order valence-corrected chi connectivity index (χ4v) is 1.61. The molecule has 0 spiro atoms. The van der Waals surface area contributed by atoms with Gasteiger partial charge in [0.1, 0.15) is 5.92 Å². The average molecular weight is 193 g/mol. The first-order chi connectivity index (χ1) is 6.79. The number of hydrogen-bond donors (Lipinski definition) is 1. The van der Waals surface area contributed by atoms with Crippen LogP contribution in [0.1, 0.15) is 23.4 Å². The molecule has 14 heavy (non-hydrogen) atoms. The Hall–Kier alpha value is -1.58. The summed E-state index contributed by atoms with van der Waals surface area (Å²) in [7, 11) is 0. The Morgan fingerprint density at radius 3 is 3.07 bits per heavy atom. The number of nitrogens with one attached hydrogen (secondary N) is 1. The van der Waals surface area contributed by atoms with Gasteiger partial charge < -0.3 is 9.73 Å². The van der Waals surface area contributed by atoms with E-state index in [4.69, 9.17) is 4.42 Å². The van der Waals surface area contributed by atoms with Crippen molar-refractivity contribution in [3.63, 3.8) is 0 Å². The van der Waals surface area contributed by atoms with Crippen LogP contribution in [0.4, 0.5) is 0 Å². The molecule has 1 aromatic heterocycles. The minimum atomic E-state index is -0.560. The van der Waals surface area contributed by atoms with Crippen LogP contribution in [0.5, 0.6) is 0 Å². The molecular weight excluding hydrogens is 182 g/mol. The minimum absolute atomic E-state index is 0.183. The molecule has 1 aliphatic rings. The molecule has 1 atom stereocenters. The van der Waals surface area contributed by atoms with E-state index in [2.05, 4.69) is 5.32 Å². The van der Waals surface area contributed by atoms with Crippen molar-refractivity contribution in [2.24, 2.45) is 5.92 Å². The van der Waals surface area contributed by atoms with Gasteiger partial charge in [0.2, 0.25) is 11.7 Å². The number of furan rings is 1. The molecule has 1 aliphatic heterocycles. The van der Waals surface area contributed by atoms with Crippen LogP contribution < -0.4 is 5.32 Å². The Balaban J connectivity index is 2.14. The van der Waals surface area contributed by atoms with Gasteiger partial charge >= 0.3 is 0 Å². The van der Waals surface area contributed by atoms with Gasteiger partial charge in [0, 0.05) is 6.54 Å². The van der Waals surface area contributed by atoms with Crippen molar-refractivity contribution in [2.75, 3.05) is 6.54 Å². The second kappa shape index (κ2) is 3.65. The lowest BCUT2D eigenvalue weighted by molar-refractivity contribution is -0.125. The highest BCUT2D eigenvalue weighted by Gasteiger charge is 2.30. The highest BCUT2D eigenvalue weighted by Crippen LogP contribution is 2.17. The van der Waals surface area contributed by atoms with Gasteiger partial charge in [-0.2, -0.15) is 0 Å². The summed E-state index contributed by atoms with van der Waals surface area (Å²) >= 11 is 0. The van der Waals surface area contributed by atoms with E-state index in [1.165, 1.54) is 6.26 Å². The summed E-state index contributed by atoms with van der Waals surface area (Å²) in [6.45, 7) is 0.667. The first kappa shape index (κ1) is 8.99. The number of ketones is 1. The normalized spacial score (nSPS) is 21.7. The quantitative estimate of drug-likeness (QED) is 0.562. The Morgan fingerprint density at radius 2 is 2.43 bits per heavy atom. The molecule has 0 radical (unpaired) electrons. The molecule has 2 heterocycles. The number of amides is 1. The molecule has 1 unspecified atom stereocenters. The lowest BCUT2D eigenvalue weighted by Gasteiger charge is -2.19. The van der Waals surface area contributed by atoms with Gasteiger partial charge in [0.15, 0.2) is 5.76 Å². The molecule has 4 heteroatoms. The van der Waals surface area contributed by atoms with Crippen molar-refractivity contribution in [3.8, 4) is 0 Å². The predicted molar refractivity (Wildman–Crippen MR) is 48.8 cm³/mol. The SMILES string of the molecule is O=C1NCCCC1C(=O)c1ccco1. The lowest BCUT2D eigenvalue weighted by atomic mass is 9.93. The van der Waals surface area contributed by atoms with Gasteiger partial charge in [0.05, 0.1) is 6.26 Å². The summed E-state index contributed by atoms with van der Waals surface area (Å²) in [4.78, 5) is 23.1. The van der Waals surface area contributed by atoms with E-state index in [0.717, 1.165) is 6.42 Å². The van der Waals surface area contributed by atoms with Crippen LogP contribution >= 0.6 is 0 Å². The zero-order valence-corrected chi connectivity index (χ0v) is 7.66. The third kappa shape index (κ3) is 1.55. The predicted octanol–water partition coefficient (Wildman–Crippen LogP) is 0.989. The Bertz CT molecular complexity index is 342. The zero-order valence-electron chi connectivity index (χ0n) is 7.66. The van der Waals surface area contributed by atoms with Crippen molar-refractivity contribution in [2.45, 2.75) is 12.8 Å². The molecule has 0 aliphatic carbocycles. The molecule has 1 N–H and O–H groups in total. The molecule has 1 fully saturated rings. The lowest BCUT2D eigenvalue weighted by Crippen LogP contribution is -2.40. The Kier molecular flexibility index (Phi) is 2.35. The number of rotatable bonds is 2. The number of carbonyl (C=O) groups excluding carboxylic acids is 2. The summed E-state index contributed by atoms with van der Waals surface area (Å²) < 4.78 is 4.97. The number of carbonyl (C=O) groups is 2. The first-order valence-corrected chi connectivity index (χ1v) is 4.64. The van der Waals surface area contributed by atoms with Gasteiger partial charge in [-0.1, -0.05) is 0 Å². The second-order valence-corrected chi connectivity index (χ2v) is 3.33. The maximum atomic E-state index is 11.7. The van der Waals surface area contributed by atoms with Crippen LogP contribution in [0, 0.1) is 5.92 Å². The van der Waals surface area contributed by atoms with Crippen LogP contribution in [0.3, 0.4) is 0 Å². The minimum Gasteiger partial charge on any atom is -0.461 e. The van der Waals surface area contributed by atoms with Crippen molar-refractivity contribution < 1.29 is 14.0 Å². The molecule has 1 saturated heterocycles. The molecule has 4 nitrogen and oxygen atoms in total. The third-order valence-electron chi connectivity index (χ3n) is 2.37. The second-order valence-electron chi connectivity index (χ2n) is 3.33. The van der Waals surface area contributed by atoms with E-state index < -0.39 is 5.92 Å². The Morgan fingerprint density at radius 1 is 1.57 bits per heavy atom. The largest absolute Gasteiger partial charge is 0.461 e. The summed E-state index contributed by atoms with van der Waals surface area (Å²) in [6, 6.07) is 3.23. The number of Topliss-reactive ketones (excluding diaryl/α,β-unsaturated/α-hetero) is 1. The maximum Gasteiger partial charge on any atom is 0.231 e. The van der Waals surface area contributed by atoms with Crippen LogP contribution in [-0.4, -0.2) is 18.2 Å². The fourth-order valence-electron chi connectivity index (χ4n) is 1.61. The summed E-state index contributed by atoms with van der Waals surface area (Å²) in [5, 5.41) is 2.67. The van der Waals surface area contributed by atoms with Gasteiger partial charge in [-0.25, -0.2) is 0 Å². The molecule has 74 valence electrons. The van der Waals surface area contributed by atoms with Crippen molar-refractivity contribution in [1.82, 2.24) is 5.32 Å². The van der Waals surface area contributed by atoms with Crippen molar-refractivity contribution in [3.05, 3.63) is 24.2 Å². The number of hydrogen-bond acceptors (Lipinski definition) is 3. The highest BCUT2D eigenvalue weighted by molar-refractivity contribution is 6.08. The molecule has 0 saturated carbocycles. The highest BCUT2D eigenvalue weighted by atomic mass is 16.3. The van der Waals surface area contributed by atoms with Gasteiger partial charge in [0.25, 0.3) is 0 Å². The standard InChI is InChI=1S/C10H11NO3/c12-9(8-4-2-6-14-8)7-3-1-5-11-10(7)13/h2,4,6-7H,1,3,5H2,(H,11,13). The summed E-state index contributed by atoms with van der Waals surface area (Å²) in [6.07, 6.45) is 2.90. The smallest absolute Gasteiger partial charge is 0.231 e. The van der Waals surface area contributed by atoms with E-state index in [9.17, 15) is 9.59 Å².